The molecule has 0 fully saturated rings. The lowest BCUT2D eigenvalue weighted by atomic mass is 10.4. The van der Waals surface area contributed by atoms with Crippen LogP contribution < -0.4 is 0 Å². The van der Waals surface area contributed by atoms with Gasteiger partial charge in [0.25, 0.3) is 0 Å². The van der Waals surface area contributed by atoms with Crippen LogP contribution in [0.4, 0.5) is 0 Å². The summed E-state index contributed by atoms with van der Waals surface area (Å²) in [6.07, 6.45) is 1.51. The average molecular weight is 203 g/mol. The summed E-state index contributed by atoms with van der Waals surface area (Å²) in [5.74, 6) is 1.15. The number of hydrogen-bond acceptors (Lipinski definition) is 2. The summed E-state index contributed by atoms with van der Waals surface area (Å²) in [4.78, 5) is 6.77. The summed E-state index contributed by atoms with van der Waals surface area (Å²) in [5.41, 5.74) is 0. The molecule has 0 saturated heterocycles. The Morgan fingerprint density at radius 1 is 1.33 bits per heavy atom. The molecule has 0 spiro atoms. The fraction of sp³-hybridized carbons (Fsp3) is 0. The van der Waals surface area contributed by atoms with Gasteiger partial charge in [0.05, 0.1) is 6.20 Å². The monoisotopic (exact) mass is 202 g/mol. The van der Waals surface area contributed by atoms with Crippen LogP contribution in [-0.4, -0.2) is 9.97 Å². The third kappa shape index (κ3) is 1.33. The zero-order valence-corrected chi connectivity index (χ0v) is 7.36. The molecule has 2 aromatic heterocycles. The quantitative estimate of drug-likeness (QED) is 0.773. The lowest BCUT2D eigenvalue weighted by Gasteiger charge is -1.86. The third-order valence-electron chi connectivity index (χ3n) is 1.35. The van der Waals surface area contributed by atoms with Crippen LogP contribution in [0.2, 0.25) is 10.4 Å². The summed E-state index contributed by atoms with van der Waals surface area (Å²) in [6, 6.07) is 3.37. The smallest absolute Gasteiger partial charge is 0.194 e. The first-order valence-corrected chi connectivity index (χ1v) is 3.97. The second-order valence-corrected chi connectivity index (χ2v) is 2.96. The summed E-state index contributed by atoms with van der Waals surface area (Å²) < 4.78 is 5.10. The maximum atomic E-state index is 5.62. The van der Waals surface area contributed by atoms with Gasteiger partial charge in [-0.25, -0.2) is 4.98 Å². The van der Waals surface area contributed by atoms with E-state index in [4.69, 9.17) is 27.6 Å². The Labute approximate surface area is 78.3 Å². The van der Waals surface area contributed by atoms with Crippen molar-refractivity contribution in [1.82, 2.24) is 9.97 Å². The van der Waals surface area contributed by atoms with Gasteiger partial charge in [0.2, 0.25) is 0 Å². The van der Waals surface area contributed by atoms with Gasteiger partial charge in [-0.3, -0.25) is 0 Å². The molecule has 5 heteroatoms. The highest BCUT2D eigenvalue weighted by Gasteiger charge is 2.06. The van der Waals surface area contributed by atoms with Crippen LogP contribution in [0.1, 0.15) is 0 Å². The number of furan rings is 1. The van der Waals surface area contributed by atoms with Crippen molar-refractivity contribution in [3.63, 3.8) is 0 Å². The maximum absolute atomic E-state index is 5.62. The van der Waals surface area contributed by atoms with E-state index in [-0.39, 0.29) is 0 Å². The highest BCUT2D eigenvalue weighted by atomic mass is 35.5. The number of aromatic nitrogens is 2. The lowest BCUT2D eigenvalue weighted by molar-refractivity contribution is 0.580. The van der Waals surface area contributed by atoms with Gasteiger partial charge in [-0.05, 0) is 23.7 Å². The van der Waals surface area contributed by atoms with Crippen molar-refractivity contribution in [1.29, 1.82) is 0 Å². The van der Waals surface area contributed by atoms with E-state index in [1.807, 2.05) is 0 Å². The number of hydrogen-bond donors (Lipinski definition) is 1. The summed E-state index contributed by atoms with van der Waals surface area (Å²) in [7, 11) is 0. The predicted octanol–water partition coefficient (Wildman–Crippen LogP) is 2.98. The van der Waals surface area contributed by atoms with Gasteiger partial charge in [0.15, 0.2) is 16.8 Å². The Morgan fingerprint density at radius 2 is 2.17 bits per heavy atom. The number of nitrogens with zero attached hydrogens (tertiary/aromatic N) is 1. The molecule has 0 aromatic carbocycles. The third-order valence-corrected chi connectivity index (χ3v) is 1.75. The minimum Gasteiger partial charge on any atom is -0.441 e. The standard InChI is InChI=1S/C7H4Cl2N2O/c8-5-3-10-7(11-5)4-1-2-6(9)12-4/h1-3H,(H,10,11). The van der Waals surface area contributed by atoms with E-state index in [2.05, 4.69) is 9.97 Å². The van der Waals surface area contributed by atoms with Gasteiger partial charge in [-0.15, -0.1) is 0 Å². The number of imidazole rings is 1. The number of rotatable bonds is 1. The summed E-state index contributed by atoms with van der Waals surface area (Å²) in [5, 5.41) is 0.801. The first-order chi connectivity index (χ1) is 5.75. The molecular weight excluding hydrogens is 199 g/mol. The van der Waals surface area contributed by atoms with E-state index in [0.717, 1.165) is 0 Å². The van der Waals surface area contributed by atoms with Gasteiger partial charge < -0.3 is 9.40 Å². The SMILES string of the molecule is Clc1cnc(-c2ccc(Cl)o2)[nH]1. The van der Waals surface area contributed by atoms with Gasteiger partial charge in [-0.1, -0.05) is 11.6 Å². The first-order valence-electron chi connectivity index (χ1n) is 3.22. The van der Waals surface area contributed by atoms with Gasteiger partial charge >= 0.3 is 0 Å². The largest absolute Gasteiger partial charge is 0.441 e. The van der Waals surface area contributed by atoms with Crippen molar-refractivity contribution in [2.24, 2.45) is 0 Å². The Kier molecular flexibility index (Phi) is 1.83. The van der Waals surface area contributed by atoms with E-state index in [9.17, 15) is 0 Å². The number of H-pyrrole nitrogens is 1. The van der Waals surface area contributed by atoms with Crippen LogP contribution >= 0.6 is 23.2 Å². The molecule has 0 aliphatic heterocycles. The van der Waals surface area contributed by atoms with Crippen LogP contribution in [-0.2, 0) is 0 Å². The molecule has 0 aliphatic rings. The Hall–Kier alpha value is -0.930. The Bertz CT molecular complexity index is 355. The van der Waals surface area contributed by atoms with Crippen molar-refractivity contribution in [3.05, 3.63) is 28.7 Å². The highest BCUT2D eigenvalue weighted by molar-refractivity contribution is 6.29. The molecule has 12 heavy (non-hydrogen) atoms. The van der Waals surface area contributed by atoms with Crippen molar-refractivity contribution in [3.8, 4) is 11.6 Å². The fourth-order valence-electron chi connectivity index (χ4n) is 0.866. The Morgan fingerprint density at radius 3 is 2.67 bits per heavy atom. The maximum Gasteiger partial charge on any atom is 0.194 e. The first kappa shape index (κ1) is 7.71. The number of aromatic amines is 1. The molecular formula is C7H4Cl2N2O. The van der Waals surface area contributed by atoms with Crippen LogP contribution in [0.3, 0.4) is 0 Å². The molecule has 62 valence electrons. The molecule has 2 aromatic rings. The topological polar surface area (TPSA) is 41.8 Å². The fourth-order valence-corrected chi connectivity index (χ4v) is 1.15. The van der Waals surface area contributed by atoms with Crippen LogP contribution in [0.15, 0.2) is 22.7 Å². The molecule has 2 rings (SSSR count). The molecule has 0 aliphatic carbocycles. The van der Waals surface area contributed by atoms with Gasteiger partial charge in [0, 0.05) is 0 Å². The molecule has 0 saturated carbocycles. The van der Waals surface area contributed by atoms with Crippen molar-refractivity contribution in [2.75, 3.05) is 0 Å². The minimum atomic E-state index is 0.331. The average Bonchev–Trinajstić information content (AvgIpc) is 2.58. The molecule has 2 heterocycles. The summed E-state index contributed by atoms with van der Waals surface area (Å²) >= 11 is 11.2. The molecule has 0 unspecified atom stereocenters. The molecule has 3 nitrogen and oxygen atoms in total. The van der Waals surface area contributed by atoms with E-state index in [1.54, 1.807) is 12.1 Å². The minimum absolute atomic E-state index is 0.331. The van der Waals surface area contributed by atoms with Gasteiger partial charge in [-0.2, -0.15) is 0 Å². The zero-order chi connectivity index (χ0) is 8.55. The lowest BCUT2D eigenvalue weighted by Crippen LogP contribution is -1.73. The molecule has 0 radical (unpaired) electrons. The van der Waals surface area contributed by atoms with Crippen molar-refractivity contribution in [2.45, 2.75) is 0 Å². The van der Waals surface area contributed by atoms with Crippen molar-refractivity contribution < 1.29 is 4.42 Å². The van der Waals surface area contributed by atoms with E-state index < -0.39 is 0 Å². The normalized spacial score (nSPS) is 10.5. The van der Waals surface area contributed by atoms with Crippen molar-refractivity contribution >= 4 is 23.2 Å². The predicted molar refractivity (Wildman–Crippen MR) is 46.3 cm³/mol. The Balaban J connectivity index is 2.43. The molecule has 1 N–H and O–H groups in total. The van der Waals surface area contributed by atoms with Gasteiger partial charge in [0.1, 0.15) is 5.15 Å². The number of nitrogens with one attached hydrogen (secondary N) is 1. The summed E-state index contributed by atoms with van der Waals surface area (Å²) in [6.45, 7) is 0. The molecule has 0 bridgehead atoms. The second kappa shape index (κ2) is 2.84. The molecule has 0 amide bonds. The molecule has 0 atom stereocenters. The number of halogens is 2. The highest BCUT2D eigenvalue weighted by Crippen LogP contribution is 2.22. The second-order valence-electron chi connectivity index (χ2n) is 2.18. The van der Waals surface area contributed by atoms with E-state index in [0.29, 0.717) is 22.0 Å². The van der Waals surface area contributed by atoms with E-state index in [1.165, 1.54) is 6.20 Å². The zero-order valence-electron chi connectivity index (χ0n) is 5.84. The van der Waals surface area contributed by atoms with Crippen LogP contribution in [0, 0.1) is 0 Å². The van der Waals surface area contributed by atoms with E-state index >= 15 is 0 Å². The van der Waals surface area contributed by atoms with Crippen LogP contribution in [0.25, 0.3) is 11.6 Å². The van der Waals surface area contributed by atoms with Crippen LogP contribution in [0.5, 0.6) is 0 Å².